The molecule has 0 aromatic heterocycles. The van der Waals surface area contributed by atoms with E-state index in [1.165, 1.54) is 0 Å². The fourth-order valence-corrected chi connectivity index (χ4v) is 2.44. The molecule has 0 aliphatic rings. The lowest BCUT2D eigenvalue weighted by Gasteiger charge is -2.19. The van der Waals surface area contributed by atoms with E-state index in [0.29, 0.717) is 33.0 Å². The van der Waals surface area contributed by atoms with Crippen LogP contribution in [-0.2, 0) is 20.8 Å². The van der Waals surface area contributed by atoms with Gasteiger partial charge in [0.15, 0.2) is 0 Å². The Morgan fingerprint density at radius 2 is 1.66 bits per heavy atom. The third-order valence-electron chi connectivity index (χ3n) is 3.75. The zero-order chi connectivity index (χ0) is 21.4. The Kier molecular flexibility index (Phi) is 13.1. The number of carbonyl (C=O) groups excluding carboxylic acids is 1. The van der Waals surface area contributed by atoms with Gasteiger partial charge in [-0.1, -0.05) is 12.1 Å². The van der Waals surface area contributed by atoms with Gasteiger partial charge in [-0.3, -0.25) is 0 Å². The second kappa shape index (κ2) is 15.1. The van der Waals surface area contributed by atoms with E-state index in [9.17, 15) is 4.79 Å². The highest BCUT2D eigenvalue weighted by atomic mass is 16.6. The average Bonchev–Trinajstić information content (AvgIpc) is 2.66. The standard InChI is InChI=1S/C22H37NO6/c1-22(2,3)29-21(25)23-18-19-9-7-10-20(17-19)28-15-6-4-5-12-26-13-8-14-27-16-11-24/h7,9-10,17,24H,4-6,8,11-16,18H2,1-3H3,(H,23,25). The van der Waals surface area contributed by atoms with Crippen LogP contribution < -0.4 is 10.1 Å². The molecule has 2 N–H and O–H groups in total. The van der Waals surface area contributed by atoms with Crippen LogP contribution in [0.1, 0.15) is 52.0 Å². The highest BCUT2D eigenvalue weighted by Crippen LogP contribution is 2.14. The summed E-state index contributed by atoms with van der Waals surface area (Å²) in [6, 6.07) is 7.70. The lowest BCUT2D eigenvalue weighted by Crippen LogP contribution is -2.32. The number of rotatable bonds is 15. The van der Waals surface area contributed by atoms with Crippen molar-refractivity contribution in [2.45, 2.75) is 58.6 Å². The van der Waals surface area contributed by atoms with E-state index in [2.05, 4.69) is 5.32 Å². The first-order valence-corrected chi connectivity index (χ1v) is 10.4. The van der Waals surface area contributed by atoms with Crippen LogP contribution in [0, 0.1) is 0 Å². The monoisotopic (exact) mass is 411 g/mol. The fourth-order valence-electron chi connectivity index (χ4n) is 2.44. The number of hydrogen-bond acceptors (Lipinski definition) is 6. The largest absolute Gasteiger partial charge is 0.494 e. The van der Waals surface area contributed by atoms with Crippen LogP contribution in [0.3, 0.4) is 0 Å². The van der Waals surface area contributed by atoms with Gasteiger partial charge in [-0.05, 0) is 64.2 Å². The van der Waals surface area contributed by atoms with Gasteiger partial charge in [-0.15, -0.1) is 0 Å². The van der Waals surface area contributed by atoms with Gasteiger partial charge in [0, 0.05) is 26.4 Å². The molecule has 7 heteroatoms. The van der Waals surface area contributed by atoms with Gasteiger partial charge in [0.2, 0.25) is 0 Å². The van der Waals surface area contributed by atoms with E-state index < -0.39 is 11.7 Å². The lowest BCUT2D eigenvalue weighted by molar-refractivity contribution is 0.0523. The zero-order valence-corrected chi connectivity index (χ0v) is 18.1. The van der Waals surface area contributed by atoms with Crippen molar-refractivity contribution in [1.82, 2.24) is 5.32 Å². The first kappa shape index (κ1) is 25.2. The summed E-state index contributed by atoms with van der Waals surface area (Å²) in [6.07, 6.45) is 3.43. The van der Waals surface area contributed by atoms with Gasteiger partial charge in [0.05, 0.1) is 19.8 Å². The second-order valence-corrected chi connectivity index (χ2v) is 7.71. The molecule has 0 heterocycles. The molecule has 0 saturated carbocycles. The van der Waals surface area contributed by atoms with Gasteiger partial charge in [0.25, 0.3) is 0 Å². The van der Waals surface area contributed by atoms with Crippen molar-refractivity contribution >= 4 is 6.09 Å². The number of nitrogens with one attached hydrogen (secondary N) is 1. The molecule has 166 valence electrons. The third kappa shape index (κ3) is 14.8. The van der Waals surface area contributed by atoms with Gasteiger partial charge < -0.3 is 29.4 Å². The molecular formula is C22H37NO6. The number of alkyl carbamates (subject to hydrolysis) is 1. The molecule has 7 nitrogen and oxygen atoms in total. The number of aliphatic hydroxyl groups excluding tert-OH is 1. The number of amides is 1. The van der Waals surface area contributed by atoms with Crippen molar-refractivity contribution in [1.29, 1.82) is 0 Å². The number of hydrogen-bond donors (Lipinski definition) is 2. The van der Waals surface area contributed by atoms with Gasteiger partial charge >= 0.3 is 6.09 Å². The average molecular weight is 412 g/mol. The van der Waals surface area contributed by atoms with E-state index in [4.69, 9.17) is 24.1 Å². The summed E-state index contributed by atoms with van der Waals surface area (Å²) in [5.41, 5.74) is 0.458. The molecule has 1 aromatic rings. The highest BCUT2D eigenvalue weighted by molar-refractivity contribution is 5.67. The quantitative estimate of drug-likeness (QED) is 0.428. The second-order valence-electron chi connectivity index (χ2n) is 7.71. The zero-order valence-electron chi connectivity index (χ0n) is 18.1. The van der Waals surface area contributed by atoms with E-state index in [1.807, 2.05) is 45.0 Å². The number of unbranched alkanes of at least 4 members (excludes halogenated alkanes) is 2. The summed E-state index contributed by atoms with van der Waals surface area (Å²) in [4.78, 5) is 11.7. The highest BCUT2D eigenvalue weighted by Gasteiger charge is 2.15. The first-order valence-electron chi connectivity index (χ1n) is 10.4. The fraction of sp³-hybridized carbons (Fsp3) is 0.682. The van der Waals surface area contributed by atoms with Gasteiger partial charge in [-0.2, -0.15) is 0 Å². The predicted octanol–water partition coefficient (Wildman–Crippen LogP) is 3.68. The Balaban J connectivity index is 2.07. The predicted molar refractivity (Wildman–Crippen MR) is 112 cm³/mol. The molecule has 0 aliphatic heterocycles. The van der Waals surface area contributed by atoms with E-state index in [1.54, 1.807) is 0 Å². The molecule has 1 rings (SSSR count). The number of aliphatic hydroxyl groups is 1. The molecule has 0 atom stereocenters. The molecule has 29 heavy (non-hydrogen) atoms. The van der Waals surface area contributed by atoms with E-state index in [-0.39, 0.29) is 6.61 Å². The number of ether oxygens (including phenoxy) is 4. The molecule has 1 aromatic carbocycles. The maximum atomic E-state index is 11.7. The van der Waals surface area contributed by atoms with Crippen molar-refractivity contribution in [3.05, 3.63) is 29.8 Å². The summed E-state index contributed by atoms with van der Waals surface area (Å²) < 4.78 is 21.7. The van der Waals surface area contributed by atoms with Gasteiger partial charge in [-0.25, -0.2) is 4.79 Å². The Bertz CT molecular complexity index is 558. The Hall–Kier alpha value is -1.83. The van der Waals surface area contributed by atoms with Crippen LogP contribution in [0.15, 0.2) is 24.3 Å². The SMILES string of the molecule is CC(C)(C)OC(=O)NCc1cccc(OCCCCCOCCCOCCO)c1. The molecule has 1 amide bonds. The van der Waals surface area contributed by atoms with Crippen molar-refractivity contribution in [2.75, 3.05) is 39.6 Å². The molecule has 0 unspecified atom stereocenters. The number of benzene rings is 1. The van der Waals surface area contributed by atoms with Gasteiger partial charge in [0.1, 0.15) is 11.4 Å². The van der Waals surface area contributed by atoms with Crippen LogP contribution in [-0.4, -0.2) is 56.4 Å². The molecule has 0 fully saturated rings. The minimum Gasteiger partial charge on any atom is -0.494 e. The van der Waals surface area contributed by atoms with Crippen molar-refractivity contribution in [3.63, 3.8) is 0 Å². The molecule has 0 radical (unpaired) electrons. The van der Waals surface area contributed by atoms with Crippen molar-refractivity contribution in [3.8, 4) is 5.75 Å². The summed E-state index contributed by atoms with van der Waals surface area (Å²) in [5.74, 6) is 0.799. The van der Waals surface area contributed by atoms with Crippen LogP contribution >= 0.6 is 0 Å². The summed E-state index contributed by atoms with van der Waals surface area (Å²) in [7, 11) is 0. The Morgan fingerprint density at radius 1 is 0.966 bits per heavy atom. The summed E-state index contributed by atoms with van der Waals surface area (Å²) in [6.45, 7) is 9.07. The minimum absolute atomic E-state index is 0.0657. The Morgan fingerprint density at radius 3 is 2.38 bits per heavy atom. The lowest BCUT2D eigenvalue weighted by atomic mass is 10.2. The topological polar surface area (TPSA) is 86.3 Å². The van der Waals surface area contributed by atoms with Crippen molar-refractivity contribution < 1.29 is 28.8 Å². The third-order valence-corrected chi connectivity index (χ3v) is 3.75. The molecule has 0 aliphatic carbocycles. The molecule has 0 saturated heterocycles. The van der Waals surface area contributed by atoms with Crippen LogP contribution in [0.5, 0.6) is 5.75 Å². The summed E-state index contributed by atoms with van der Waals surface area (Å²) in [5, 5.41) is 11.3. The molecule has 0 bridgehead atoms. The van der Waals surface area contributed by atoms with Crippen molar-refractivity contribution in [2.24, 2.45) is 0 Å². The Labute approximate surface area is 174 Å². The van der Waals surface area contributed by atoms with E-state index in [0.717, 1.165) is 43.6 Å². The molecular weight excluding hydrogens is 374 g/mol. The van der Waals surface area contributed by atoms with E-state index >= 15 is 0 Å². The van der Waals surface area contributed by atoms with Crippen LogP contribution in [0.2, 0.25) is 0 Å². The molecule has 0 spiro atoms. The smallest absolute Gasteiger partial charge is 0.407 e. The first-order chi connectivity index (χ1) is 13.9. The van der Waals surface area contributed by atoms with Crippen LogP contribution in [0.4, 0.5) is 4.79 Å². The van der Waals surface area contributed by atoms with Crippen LogP contribution in [0.25, 0.3) is 0 Å². The minimum atomic E-state index is -0.505. The maximum absolute atomic E-state index is 11.7. The maximum Gasteiger partial charge on any atom is 0.407 e. The summed E-state index contributed by atoms with van der Waals surface area (Å²) >= 11 is 0. The number of carbonyl (C=O) groups is 1. The normalized spacial score (nSPS) is 11.3.